The Morgan fingerprint density at radius 3 is 2.77 bits per heavy atom. The Kier molecular flexibility index (Phi) is 4.88. The number of furan rings is 1. The van der Waals surface area contributed by atoms with E-state index in [2.05, 4.69) is 15.6 Å². The van der Waals surface area contributed by atoms with Crippen LogP contribution in [0.2, 0.25) is 0 Å². The lowest BCUT2D eigenvalue weighted by Gasteiger charge is -1.98. The van der Waals surface area contributed by atoms with Gasteiger partial charge in [0.1, 0.15) is 10.6 Å². The summed E-state index contributed by atoms with van der Waals surface area (Å²) in [5, 5.41) is 19.2. The standard InChI is InChI=1S/C17H15N5O4/c1-2-15(23)19-18-10-12-11-21(13-6-4-3-5-7-13)20-17(12)14-8-9-16(26-14)22(24)25/h3-11H,2H2,1H3,(H,19,23). The molecule has 1 N–H and O–H groups in total. The van der Waals surface area contributed by atoms with E-state index in [0.29, 0.717) is 17.7 Å². The van der Waals surface area contributed by atoms with Crippen LogP contribution >= 0.6 is 0 Å². The zero-order chi connectivity index (χ0) is 18.5. The van der Waals surface area contributed by atoms with Crippen LogP contribution in [0.5, 0.6) is 0 Å². The molecule has 9 nitrogen and oxygen atoms in total. The maximum Gasteiger partial charge on any atom is 0.433 e. The van der Waals surface area contributed by atoms with E-state index in [1.54, 1.807) is 17.8 Å². The summed E-state index contributed by atoms with van der Waals surface area (Å²) in [5.74, 6) is -0.377. The largest absolute Gasteiger partial charge is 0.433 e. The number of benzene rings is 1. The molecule has 9 heteroatoms. The number of nitrogens with one attached hydrogen (secondary N) is 1. The molecule has 0 aliphatic carbocycles. The predicted molar refractivity (Wildman–Crippen MR) is 93.9 cm³/mol. The Morgan fingerprint density at radius 1 is 1.35 bits per heavy atom. The molecule has 0 radical (unpaired) electrons. The number of nitro groups is 1. The summed E-state index contributed by atoms with van der Waals surface area (Å²) in [6.07, 6.45) is 3.42. The van der Waals surface area contributed by atoms with Gasteiger partial charge in [-0.05, 0) is 18.2 Å². The van der Waals surface area contributed by atoms with Crippen LogP contribution in [0.15, 0.2) is 58.2 Å². The smallest absolute Gasteiger partial charge is 0.399 e. The highest BCUT2D eigenvalue weighted by Crippen LogP contribution is 2.27. The van der Waals surface area contributed by atoms with E-state index in [0.717, 1.165) is 5.69 Å². The summed E-state index contributed by atoms with van der Waals surface area (Å²) in [7, 11) is 0. The Morgan fingerprint density at radius 2 is 2.12 bits per heavy atom. The number of hydrazone groups is 1. The normalized spacial score (nSPS) is 11.0. The molecular formula is C17H15N5O4. The van der Waals surface area contributed by atoms with E-state index in [1.165, 1.54) is 18.3 Å². The van der Waals surface area contributed by atoms with Crippen LogP contribution in [0, 0.1) is 10.1 Å². The maximum absolute atomic E-state index is 11.3. The first-order valence-corrected chi connectivity index (χ1v) is 7.80. The highest BCUT2D eigenvalue weighted by Gasteiger charge is 2.18. The van der Waals surface area contributed by atoms with Crippen molar-refractivity contribution in [2.75, 3.05) is 0 Å². The minimum absolute atomic E-state index is 0.230. The highest BCUT2D eigenvalue weighted by atomic mass is 16.6. The molecule has 3 aromatic rings. The first-order valence-electron chi connectivity index (χ1n) is 7.80. The Hall–Kier alpha value is -3.75. The van der Waals surface area contributed by atoms with Crippen molar-refractivity contribution in [3.8, 4) is 17.1 Å². The molecule has 1 aromatic carbocycles. The number of nitrogens with zero attached hydrogens (tertiary/aromatic N) is 4. The summed E-state index contributed by atoms with van der Waals surface area (Å²) in [4.78, 5) is 21.6. The van der Waals surface area contributed by atoms with E-state index in [9.17, 15) is 14.9 Å². The minimum atomic E-state index is -0.618. The molecule has 0 atom stereocenters. The van der Waals surface area contributed by atoms with Crippen LogP contribution in [-0.2, 0) is 4.79 Å². The molecule has 2 aromatic heterocycles. The SMILES string of the molecule is CCC(=O)NN=Cc1cn(-c2ccccc2)nc1-c1ccc([N+](=O)[O-])o1. The molecule has 0 saturated heterocycles. The number of para-hydroxylation sites is 1. The summed E-state index contributed by atoms with van der Waals surface area (Å²) in [6.45, 7) is 1.71. The zero-order valence-electron chi connectivity index (χ0n) is 13.8. The number of rotatable bonds is 6. The lowest BCUT2D eigenvalue weighted by Crippen LogP contribution is -2.15. The fourth-order valence-electron chi connectivity index (χ4n) is 2.19. The Bertz CT molecular complexity index is 959. The second-order valence-corrected chi connectivity index (χ2v) is 5.25. The molecule has 0 aliphatic heterocycles. The third-order valence-corrected chi connectivity index (χ3v) is 3.48. The van der Waals surface area contributed by atoms with Gasteiger partial charge in [0.15, 0.2) is 5.76 Å². The van der Waals surface area contributed by atoms with Crippen LogP contribution in [0.25, 0.3) is 17.1 Å². The van der Waals surface area contributed by atoms with Gasteiger partial charge in [-0.1, -0.05) is 25.1 Å². The number of hydrogen-bond acceptors (Lipinski definition) is 6. The van der Waals surface area contributed by atoms with E-state index in [1.807, 2.05) is 30.3 Å². The van der Waals surface area contributed by atoms with Crippen molar-refractivity contribution in [3.63, 3.8) is 0 Å². The molecule has 3 rings (SSSR count). The van der Waals surface area contributed by atoms with Gasteiger partial charge in [0.05, 0.1) is 18.0 Å². The molecule has 0 aliphatic rings. The molecule has 26 heavy (non-hydrogen) atoms. The quantitative estimate of drug-likeness (QED) is 0.415. The average Bonchev–Trinajstić information content (AvgIpc) is 3.29. The van der Waals surface area contributed by atoms with E-state index in [4.69, 9.17) is 4.42 Å². The third kappa shape index (κ3) is 3.66. The van der Waals surface area contributed by atoms with E-state index in [-0.39, 0.29) is 17.6 Å². The van der Waals surface area contributed by atoms with Crippen molar-refractivity contribution in [3.05, 3.63) is 64.3 Å². The van der Waals surface area contributed by atoms with Crippen LogP contribution < -0.4 is 5.43 Å². The first-order chi connectivity index (χ1) is 12.6. The summed E-state index contributed by atoms with van der Waals surface area (Å²) in [5.41, 5.74) is 4.09. The second-order valence-electron chi connectivity index (χ2n) is 5.25. The molecule has 132 valence electrons. The van der Waals surface area contributed by atoms with Crippen LogP contribution in [0.3, 0.4) is 0 Å². The van der Waals surface area contributed by atoms with E-state index >= 15 is 0 Å². The minimum Gasteiger partial charge on any atom is -0.399 e. The van der Waals surface area contributed by atoms with Crippen molar-refractivity contribution in [1.82, 2.24) is 15.2 Å². The molecule has 2 heterocycles. The third-order valence-electron chi connectivity index (χ3n) is 3.48. The molecular weight excluding hydrogens is 338 g/mol. The van der Waals surface area contributed by atoms with Crippen LogP contribution in [-0.4, -0.2) is 26.8 Å². The fourth-order valence-corrected chi connectivity index (χ4v) is 2.19. The first kappa shape index (κ1) is 17.1. The topological polar surface area (TPSA) is 116 Å². The number of amides is 1. The predicted octanol–water partition coefficient (Wildman–Crippen LogP) is 2.90. The summed E-state index contributed by atoms with van der Waals surface area (Å²) in [6, 6.07) is 12.1. The zero-order valence-corrected chi connectivity index (χ0v) is 13.8. The monoisotopic (exact) mass is 353 g/mol. The van der Waals surface area contributed by atoms with E-state index < -0.39 is 4.92 Å². The van der Waals surface area contributed by atoms with Crippen molar-refractivity contribution < 1.29 is 14.1 Å². The molecule has 1 amide bonds. The molecule has 0 unspecified atom stereocenters. The molecule has 0 bridgehead atoms. The van der Waals surface area contributed by atoms with Crippen molar-refractivity contribution in [2.24, 2.45) is 5.10 Å². The second kappa shape index (κ2) is 7.43. The van der Waals surface area contributed by atoms with Gasteiger partial charge in [0.25, 0.3) is 0 Å². The maximum atomic E-state index is 11.3. The Balaban J connectivity index is 2.00. The number of carbonyl (C=O) groups is 1. The van der Waals surface area contributed by atoms with Gasteiger partial charge in [-0.3, -0.25) is 14.9 Å². The van der Waals surface area contributed by atoms with Crippen LogP contribution in [0.1, 0.15) is 18.9 Å². The number of hydrogen-bond donors (Lipinski definition) is 1. The van der Waals surface area contributed by atoms with Gasteiger partial charge >= 0.3 is 5.88 Å². The molecule has 0 saturated carbocycles. The van der Waals surface area contributed by atoms with Gasteiger partial charge in [-0.2, -0.15) is 10.2 Å². The highest BCUT2D eigenvalue weighted by molar-refractivity contribution is 5.88. The Labute approximate surface area is 148 Å². The lowest BCUT2D eigenvalue weighted by molar-refractivity contribution is -0.401. The van der Waals surface area contributed by atoms with Crippen molar-refractivity contribution >= 4 is 18.0 Å². The fraction of sp³-hybridized carbons (Fsp3) is 0.118. The molecule has 0 fully saturated rings. The van der Waals surface area contributed by atoms with Crippen LogP contribution in [0.4, 0.5) is 5.88 Å². The number of carbonyl (C=O) groups excluding carboxylic acids is 1. The summed E-state index contributed by atoms with van der Waals surface area (Å²) >= 11 is 0. The van der Waals surface area contributed by atoms with Crippen molar-refractivity contribution in [2.45, 2.75) is 13.3 Å². The van der Waals surface area contributed by atoms with Crippen molar-refractivity contribution in [1.29, 1.82) is 0 Å². The lowest BCUT2D eigenvalue weighted by atomic mass is 10.2. The number of aromatic nitrogens is 2. The van der Waals surface area contributed by atoms with Gasteiger partial charge in [-0.15, -0.1) is 0 Å². The molecule has 0 spiro atoms. The average molecular weight is 353 g/mol. The van der Waals surface area contributed by atoms with Gasteiger partial charge < -0.3 is 4.42 Å². The summed E-state index contributed by atoms with van der Waals surface area (Å²) < 4.78 is 6.85. The van der Waals surface area contributed by atoms with Gasteiger partial charge in [-0.25, -0.2) is 10.1 Å². The van der Waals surface area contributed by atoms with Gasteiger partial charge in [0.2, 0.25) is 5.91 Å². The van der Waals surface area contributed by atoms with Gasteiger partial charge in [0, 0.05) is 18.2 Å².